The van der Waals surface area contributed by atoms with E-state index in [1.54, 1.807) is 18.2 Å². The van der Waals surface area contributed by atoms with Crippen LogP contribution in [0.4, 0.5) is 19.0 Å². The highest BCUT2D eigenvalue weighted by molar-refractivity contribution is 6.33. The van der Waals surface area contributed by atoms with Crippen molar-refractivity contribution in [3.8, 4) is 17.2 Å². The number of fused-ring (bicyclic) bond motifs is 4. The van der Waals surface area contributed by atoms with E-state index >= 15 is 4.79 Å². The predicted octanol–water partition coefficient (Wildman–Crippen LogP) is 5.98. The fourth-order valence-electron chi connectivity index (χ4n) is 8.94. The molecule has 1 saturated carbocycles. The van der Waals surface area contributed by atoms with Crippen LogP contribution in [0.25, 0.3) is 0 Å². The van der Waals surface area contributed by atoms with Crippen LogP contribution in [0.15, 0.2) is 60.3 Å². The Bertz CT molecular complexity index is 2200. The second kappa shape index (κ2) is 14.3. The van der Waals surface area contributed by atoms with Crippen molar-refractivity contribution in [1.29, 1.82) is 0 Å². The van der Waals surface area contributed by atoms with Gasteiger partial charge in [0.05, 0.1) is 48.0 Å². The Balaban J connectivity index is 1.44. The summed E-state index contributed by atoms with van der Waals surface area (Å²) >= 11 is 12.5. The molecule has 56 heavy (non-hydrogen) atoms. The monoisotopic (exact) mass is 816 g/mol. The number of ether oxygens (including phenoxy) is 2. The largest absolute Gasteiger partial charge is 0.507 e. The normalized spacial score (nSPS) is 25.8. The van der Waals surface area contributed by atoms with Crippen LogP contribution < -0.4 is 14.9 Å². The van der Waals surface area contributed by atoms with Gasteiger partial charge in [-0.3, -0.25) is 34.3 Å². The van der Waals surface area contributed by atoms with Gasteiger partial charge in [-0.15, -0.1) is 0 Å². The first-order chi connectivity index (χ1) is 26.5. The quantitative estimate of drug-likeness (QED) is 0.162. The molecule has 3 N–H and O–H groups in total. The number of nitrogens with zero attached hydrogens (tertiary/aromatic N) is 3. The predicted molar refractivity (Wildman–Crippen MR) is 192 cm³/mol. The maximum atomic E-state index is 15.4. The minimum Gasteiger partial charge on any atom is -0.507 e. The molecule has 18 heteroatoms. The van der Waals surface area contributed by atoms with E-state index in [9.17, 15) is 42.6 Å². The van der Waals surface area contributed by atoms with Gasteiger partial charge in [0.2, 0.25) is 11.8 Å². The number of methoxy groups -OCH3 is 2. The van der Waals surface area contributed by atoms with Crippen LogP contribution in [0.2, 0.25) is 10.0 Å². The first-order valence-corrected chi connectivity index (χ1v) is 18.2. The number of hydrazine groups is 1. The van der Waals surface area contributed by atoms with E-state index in [4.69, 9.17) is 32.7 Å². The lowest BCUT2D eigenvalue weighted by atomic mass is 9.49. The molecule has 4 amide bonds. The third-order valence-corrected chi connectivity index (χ3v) is 11.8. The number of likely N-dealkylation sites (tertiary alicyclic amines) is 1. The van der Waals surface area contributed by atoms with Crippen LogP contribution in [0.5, 0.6) is 17.2 Å². The molecule has 3 fully saturated rings. The number of anilines is 1. The number of rotatable bonds is 10. The van der Waals surface area contributed by atoms with Crippen molar-refractivity contribution in [2.75, 3.05) is 26.2 Å². The fourth-order valence-corrected chi connectivity index (χ4v) is 9.27. The maximum absolute atomic E-state index is 15.4. The SMILES string of the molecule is COc1cc(O)c([C@H]2C3=CC[C@@H]4C(=O)N(CCCC(=O)O)C(=O)[C@@H]4[C@@H]3C[C@H]3C(=O)N(Nc4ncc(C(F)(F)F)cc4Cl)C(=O)[C@@]23c2ccc(Cl)cc2)c(OC)c1. The fraction of sp³-hybridized carbons (Fsp3) is 0.368. The number of carboxylic acid groups (broad SMARTS) is 1. The van der Waals surface area contributed by atoms with Crippen LogP contribution in [0, 0.1) is 23.7 Å². The summed E-state index contributed by atoms with van der Waals surface area (Å²) in [6.45, 7) is -0.135. The summed E-state index contributed by atoms with van der Waals surface area (Å²) in [5.41, 5.74) is 0.240. The highest BCUT2D eigenvalue weighted by Gasteiger charge is 2.71. The van der Waals surface area contributed by atoms with Crippen molar-refractivity contribution < 1.29 is 56.8 Å². The average molecular weight is 818 g/mol. The van der Waals surface area contributed by atoms with Crippen molar-refractivity contribution >= 4 is 58.6 Å². The van der Waals surface area contributed by atoms with Crippen LogP contribution in [-0.2, 0) is 35.6 Å². The first-order valence-electron chi connectivity index (χ1n) is 17.4. The number of phenolic OH excluding ortho intramolecular Hbond substituents is 1. The number of carboxylic acids is 1. The van der Waals surface area contributed by atoms with Gasteiger partial charge < -0.3 is 19.7 Å². The zero-order valence-corrected chi connectivity index (χ0v) is 31.1. The summed E-state index contributed by atoms with van der Waals surface area (Å²) in [6.07, 6.45) is -2.93. The number of aliphatic carboxylic acids is 1. The Morgan fingerprint density at radius 2 is 1.73 bits per heavy atom. The van der Waals surface area contributed by atoms with Gasteiger partial charge in [-0.1, -0.05) is 47.0 Å². The number of alkyl halides is 3. The van der Waals surface area contributed by atoms with Crippen molar-refractivity contribution in [2.45, 2.75) is 43.2 Å². The molecule has 1 aromatic heterocycles. The molecule has 6 atom stereocenters. The number of pyridine rings is 1. The molecule has 2 aliphatic carbocycles. The molecule has 2 aliphatic heterocycles. The minimum atomic E-state index is -4.79. The van der Waals surface area contributed by atoms with Crippen LogP contribution in [0.3, 0.4) is 0 Å². The van der Waals surface area contributed by atoms with Gasteiger partial charge in [0, 0.05) is 47.8 Å². The number of nitrogens with one attached hydrogen (secondary N) is 1. The van der Waals surface area contributed by atoms with E-state index in [1.807, 2.05) is 0 Å². The van der Waals surface area contributed by atoms with E-state index in [-0.39, 0.29) is 60.6 Å². The average Bonchev–Trinajstić information content (AvgIpc) is 3.52. The summed E-state index contributed by atoms with van der Waals surface area (Å²) in [5.74, 6) is -9.77. The first kappa shape index (κ1) is 38.9. The molecule has 0 bridgehead atoms. The number of benzene rings is 2. The van der Waals surface area contributed by atoms with Gasteiger partial charge in [-0.25, -0.2) is 4.98 Å². The molecular weight excluding hydrogens is 784 g/mol. The standard InChI is InChI=1S/C38H33Cl2F3N4O9/c1-55-20-13-26(48)30(27(14-20)56-2)31-21-9-10-22-29(35(53)46(33(22)51)11-3-4-28(49)50)23(21)15-24-34(52)47(36(54)37(24,31)17-5-7-19(39)8-6-17)45-32-25(40)12-18(16-44-32)38(41,42)43/h5-9,12-14,16,22-24,29,31,48H,3-4,10-11,15H2,1-2H3,(H,44,45)(H,49,50)/t22-,23+,24-,29-,31+,37+/m0/s1. The molecule has 3 heterocycles. The highest BCUT2D eigenvalue weighted by Crippen LogP contribution is 2.66. The van der Waals surface area contributed by atoms with Crippen molar-refractivity contribution in [3.63, 3.8) is 0 Å². The molecule has 294 valence electrons. The van der Waals surface area contributed by atoms with Crippen molar-refractivity contribution in [1.82, 2.24) is 14.9 Å². The summed E-state index contributed by atoms with van der Waals surface area (Å²) in [4.78, 5) is 74.2. The van der Waals surface area contributed by atoms with E-state index < -0.39 is 87.2 Å². The van der Waals surface area contributed by atoms with E-state index in [0.717, 1.165) is 4.90 Å². The van der Waals surface area contributed by atoms with Crippen LogP contribution in [0.1, 0.15) is 48.3 Å². The van der Waals surface area contributed by atoms with E-state index in [1.165, 1.54) is 38.5 Å². The lowest BCUT2D eigenvalue weighted by molar-refractivity contribution is -0.142. The number of phenols is 1. The number of allylic oxidation sites excluding steroid dienone is 2. The summed E-state index contributed by atoms with van der Waals surface area (Å²) in [7, 11) is 2.70. The number of hydrogen-bond donors (Lipinski definition) is 3. The maximum Gasteiger partial charge on any atom is 0.417 e. The van der Waals surface area contributed by atoms with Crippen molar-refractivity contribution in [2.24, 2.45) is 23.7 Å². The number of imide groups is 2. The van der Waals surface area contributed by atoms with Gasteiger partial charge in [0.1, 0.15) is 17.2 Å². The van der Waals surface area contributed by atoms with Gasteiger partial charge in [-0.2, -0.15) is 18.2 Å². The highest BCUT2D eigenvalue weighted by atomic mass is 35.5. The van der Waals surface area contributed by atoms with E-state index in [0.29, 0.717) is 27.9 Å². The third kappa shape index (κ3) is 6.09. The molecule has 0 unspecified atom stereocenters. The number of carbonyl (C=O) groups is 5. The zero-order chi connectivity index (χ0) is 40.4. The smallest absolute Gasteiger partial charge is 0.417 e. The number of carbonyl (C=O) groups excluding carboxylic acids is 4. The number of aromatic nitrogens is 1. The molecular formula is C38H33Cl2F3N4O9. The number of aromatic hydroxyl groups is 1. The number of hydrogen-bond acceptors (Lipinski definition) is 10. The van der Waals surface area contributed by atoms with Gasteiger partial charge in [0.15, 0.2) is 5.82 Å². The second-order valence-corrected chi connectivity index (χ2v) is 14.9. The van der Waals surface area contributed by atoms with Gasteiger partial charge >= 0.3 is 12.1 Å². The number of amides is 4. The van der Waals surface area contributed by atoms with Gasteiger partial charge in [-0.05, 0) is 48.9 Å². The Morgan fingerprint density at radius 1 is 1.02 bits per heavy atom. The topological polar surface area (TPSA) is 176 Å². The Hall–Kier alpha value is -5.35. The lowest BCUT2D eigenvalue weighted by Crippen LogP contribution is -2.53. The summed E-state index contributed by atoms with van der Waals surface area (Å²) in [6, 6.07) is 9.50. The molecule has 4 aliphatic rings. The molecule has 3 aromatic rings. The Kier molecular flexibility index (Phi) is 9.94. The Morgan fingerprint density at radius 3 is 2.36 bits per heavy atom. The molecule has 2 aromatic carbocycles. The van der Waals surface area contributed by atoms with E-state index in [2.05, 4.69) is 10.4 Å². The van der Waals surface area contributed by atoms with Gasteiger partial charge in [0.25, 0.3) is 11.8 Å². The molecule has 0 radical (unpaired) electrons. The molecule has 13 nitrogen and oxygen atoms in total. The Labute approximate surface area is 326 Å². The lowest BCUT2D eigenvalue weighted by Gasteiger charge is -2.50. The van der Waals surface area contributed by atoms with Crippen LogP contribution >= 0.6 is 23.2 Å². The van der Waals surface area contributed by atoms with Crippen LogP contribution in [-0.4, -0.2) is 75.5 Å². The minimum absolute atomic E-state index is 0.0210. The summed E-state index contributed by atoms with van der Waals surface area (Å²) < 4.78 is 51.6. The molecule has 2 saturated heterocycles. The van der Waals surface area contributed by atoms with Crippen molar-refractivity contribution in [3.05, 3.63) is 87.0 Å². The number of halogens is 5. The summed E-state index contributed by atoms with van der Waals surface area (Å²) in [5, 5.41) is 21.4. The zero-order valence-electron chi connectivity index (χ0n) is 29.6. The second-order valence-electron chi connectivity index (χ2n) is 14.0. The molecule has 0 spiro atoms. The third-order valence-electron chi connectivity index (χ3n) is 11.3. The molecule has 7 rings (SSSR count).